The number of thiophene rings is 1. The minimum absolute atomic E-state index is 0.204. The van der Waals surface area contributed by atoms with E-state index in [9.17, 15) is 4.79 Å². The minimum Gasteiger partial charge on any atom is -0.349 e. The van der Waals surface area contributed by atoms with Gasteiger partial charge in [-0.1, -0.05) is 24.3 Å². The lowest BCUT2D eigenvalue weighted by Gasteiger charge is -2.03. The third kappa shape index (κ3) is 3.03. The highest BCUT2D eigenvalue weighted by Crippen LogP contribution is 2.28. The summed E-state index contributed by atoms with van der Waals surface area (Å²) in [5.74, 6) is 1.34. The molecule has 0 aliphatic heterocycles. The summed E-state index contributed by atoms with van der Waals surface area (Å²) in [5.41, 5.74) is 0.893. The molecule has 23 heavy (non-hydrogen) atoms. The van der Waals surface area contributed by atoms with E-state index in [-0.39, 0.29) is 11.7 Å². The van der Waals surface area contributed by atoms with Gasteiger partial charge in [0, 0.05) is 6.54 Å². The van der Waals surface area contributed by atoms with E-state index >= 15 is 0 Å². The number of nitrogens with one attached hydrogen (secondary N) is 1. The van der Waals surface area contributed by atoms with Crippen LogP contribution in [0, 0.1) is 5.92 Å². The molecule has 0 atom stereocenters. The van der Waals surface area contributed by atoms with E-state index in [0.29, 0.717) is 18.3 Å². The maximum Gasteiger partial charge on any atom is 0.291 e. The molecule has 6 heteroatoms. The van der Waals surface area contributed by atoms with Gasteiger partial charge in [0.25, 0.3) is 5.91 Å². The first-order valence-electron chi connectivity index (χ1n) is 7.66. The van der Waals surface area contributed by atoms with Gasteiger partial charge in [-0.3, -0.25) is 4.79 Å². The number of benzene rings is 1. The summed E-state index contributed by atoms with van der Waals surface area (Å²) in [5, 5.41) is 9.35. The SMILES string of the molecule is O=C(NCC1CC1)c1nc(-c2cccs2)n(-c2ccccc2)n1. The molecule has 0 radical (unpaired) electrons. The number of amides is 1. The van der Waals surface area contributed by atoms with Crippen LogP contribution in [0.5, 0.6) is 0 Å². The first-order chi connectivity index (χ1) is 11.3. The highest BCUT2D eigenvalue weighted by atomic mass is 32.1. The van der Waals surface area contributed by atoms with Gasteiger partial charge in [0.05, 0.1) is 10.6 Å². The Hall–Kier alpha value is -2.47. The second-order valence-corrected chi connectivity index (χ2v) is 6.58. The molecule has 116 valence electrons. The maximum absolute atomic E-state index is 12.3. The zero-order valence-corrected chi connectivity index (χ0v) is 13.3. The van der Waals surface area contributed by atoms with Gasteiger partial charge < -0.3 is 5.32 Å². The predicted octanol–water partition coefficient (Wildman–Crippen LogP) is 3.14. The minimum atomic E-state index is -0.204. The van der Waals surface area contributed by atoms with E-state index in [0.717, 1.165) is 10.6 Å². The Balaban J connectivity index is 1.69. The predicted molar refractivity (Wildman–Crippen MR) is 89.7 cm³/mol. The molecule has 1 N–H and O–H groups in total. The van der Waals surface area contributed by atoms with Crippen molar-refractivity contribution in [1.29, 1.82) is 0 Å². The average molecular weight is 324 g/mol. The number of carbonyl (C=O) groups excluding carboxylic acids is 1. The summed E-state index contributed by atoms with van der Waals surface area (Å²) in [4.78, 5) is 17.8. The topological polar surface area (TPSA) is 59.8 Å². The van der Waals surface area contributed by atoms with Gasteiger partial charge in [-0.25, -0.2) is 9.67 Å². The van der Waals surface area contributed by atoms with Crippen LogP contribution < -0.4 is 5.32 Å². The fourth-order valence-corrected chi connectivity index (χ4v) is 3.06. The van der Waals surface area contributed by atoms with Crippen LogP contribution in [0.1, 0.15) is 23.5 Å². The standard InChI is InChI=1S/C17H16N4OS/c22-17(18-11-12-8-9-12)15-19-16(14-7-4-10-23-14)21(20-15)13-5-2-1-3-6-13/h1-7,10,12H,8-9,11H2,(H,18,22). The van der Waals surface area contributed by atoms with Crippen molar-refractivity contribution in [2.75, 3.05) is 6.54 Å². The summed E-state index contributed by atoms with van der Waals surface area (Å²) >= 11 is 1.58. The first-order valence-corrected chi connectivity index (χ1v) is 8.54. The molecule has 1 fully saturated rings. The van der Waals surface area contributed by atoms with Crippen molar-refractivity contribution in [3.8, 4) is 16.4 Å². The van der Waals surface area contributed by atoms with Crippen molar-refractivity contribution in [3.63, 3.8) is 0 Å². The van der Waals surface area contributed by atoms with Crippen LogP contribution in [0.3, 0.4) is 0 Å². The molecule has 1 amide bonds. The molecule has 0 bridgehead atoms. The van der Waals surface area contributed by atoms with Crippen LogP contribution in [0.15, 0.2) is 47.8 Å². The van der Waals surface area contributed by atoms with Crippen LogP contribution in [0.25, 0.3) is 16.4 Å². The zero-order chi connectivity index (χ0) is 15.6. The Morgan fingerprint density at radius 2 is 2.04 bits per heavy atom. The lowest BCUT2D eigenvalue weighted by atomic mass is 10.3. The summed E-state index contributed by atoms with van der Waals surface area (Å²) in [6.45, 7) is 0.715. The second kappa shape index (κ2) is 5.96. The van der Waals surface area contributed by atoms with E-state index in [1.54, 1.807) is 16.0 Å². The molecule has 5 nitrogen and oxygen atoms in total. The van der Waals surface area contributed by atoms with Crippen LogP contribution in [0.2, 0.25) is 0 Å². The molecular formula is C17H16N4OS. The molecule has 1 saturated carbocycles. The normalized spacial score (nSPS) is 13.9. The van der Waals surface area contributed by atoms with Gasteiger partial charge in [0.1, 0.15) is 0 Å². The smallest absolute Gasteiger partial charge is 0.291 e. The first kappa shape index (κ1) is 14.1. The molecule has 0 saturated heterocycles. The fourth-order valence-electron chi connectivity index (χ4n) is 2.36. The van der Waals surface area contributed by atoms with Gasteiger partial charge >= 0.3 is 0 Å². The van der Waals surface area contributed by atoms with Crippen molar-refractivity contribution < 1.29 is 4.79 Å². The summed E-state index contributed by atoms with van der Waals surface area (Å²) in [6, 6.07) is 13.7. The average Bonchev–Trinajstić information content (AvgIpc) is 3.08. The third-order valence-electron chi connectivity index (χ3n) is 3.80. The van der Waals surface area contributed by atoms with Crippen LogP contribution in [-0.4, -0.2) is 27.2 Å². The zero-order valence-electron chi connectivity index (χ0n) is 12.5. The maximum atomic E-state index is 12.3. The Morgan fingerprint density at radius 1 is 1.22 bits per heavy atom. The fraction of sp³-hybridized carbons (Fsp3) is 0.235. The Morgan fingerprint density at radius 3 is 2.74 bits per heavy atom. The molecule has 4 rings (SSSR count). The van der Waals surface area contributed by atoms with Crippen molar-refractivity contribution in [2.45, 2.75) is 12.8 Å². The van der Waals surface area contributed by atoms with Gasteiger partial charge in [-0.05, 0) is 42.3 Å². The molecule has 1 aromatic carbocycles. The molecule has 2 heterocycles. The van der Waals surface area contributed by atoms with Gasteiger partial charge in [-0.15, -0.1) is 16.4 Å². The van der Waals surface area contributed by atoms with E-state index in [4.69, 9.17) is 0 Å². The number of carbonyl (C=O) groups is 1. The van der Waals surface area contributed by atoms with E-state index in [1.807, 2.05) is 47.8 Å². The summed E-state index contributed by atoms with van der Waals surface area (Å²) in [6.07, 6.45) is 2.40. The molecule has 0 spiro atoms. The number of nitrogens with zero attached hydrogens (tertiary/aromatic N) is 3. The van der Waals surface area contributed by atoms with Crippen molar-refractivity contribution in [2.24, 2.45) is 5.92 Å². The highest BCUT2D eigenvalue weighted by molar-refractivity contribution is 7.13. The molecular weight excluding hydrogens is 308 g/mol. The van der Waals surface area contributed by atoms with Crippen LogP contribution in [0.4, 0.5) is 0 Å². The molecule has 3 aromatic rings. The van der Waals surface area contributed by atoms with Crippen molar-refractivity contribution >= 4 is 17.2 Å². The Labute approximate surface area is 138 Å². The molecule has 1 aliphatic carbocycles. The molecule has 1 aliphatic rings. The van der Waals surface area contributed by atoms with Gasteiger partial charge in [0.2, 0.25) is 5.82 Å². The Kier molecular flexibility index (Phi) is 3.67. The van der Waals surface area contributed by atoms with Crippen LogP contribution in [-0.2, 0) is 0 Å². The number of rotatable bonds is 5. The monoisotopic (exact) mass is 324 g/mol. The molecule has 2 aromatic heterocycles. The summed E-state index contributed by atoms with van der Waals surface area (Å²) in [7, 11) is 0. The number of para-hydroxylation sites is 1. The second-order valence-electron chi connectivity index (χ2n) is 5.64. The quantitative estimate of drug-likeness (QED) is 0.784. The van der Waals surface area contributed by atoms with Gasteiger partial charge in [0.15, 0.2) is 5.82 Å². The number of hydrogen-bond donors (Lipinski definition) is 1. The Bertz CT molecular complexity index is 807. The lowest BCUT2D eigenvalue weighted by Crippen LogP contribution is -2.26. The number of hydrogen-bond acceptors (Lipinski definition) is 4. The van der Waals surface area contributed by atoms with Crippen molar-refractivity contribution in [1.82, 2.24) is 20.1 Å². The molecule has 0 unspecified atom stereocenters. The van der Waals surface area contributed by atoms with E-state index < -0.39 is 0 Å². The highest BCUT2D eigenvalue weighted by Gasteiger charge is 2.24. The van der Waals surface area contributed by atoms with Crippen molar-refractivity contribution in [3.05, 3.63) is 53.7 Å². The van der Waals surface area contributed by atoms with Gasteiger partial charge in [-0.2, -0.15) is 0 Å². The number of aromatic nitrogens is 3. The van der Waals surface area contributed by atoms with Crippen LogP contribution >= 0.6 is 11.3 Å². The lowest BCUT2D eigenvalue weighted by molar-refractivity contribution is 0.0941. The van der Waals surface area contributed by atoms with E-state index in [2.05, 4.69) is 15.4 Å². The third-order valence-corrected chi connectivity index (χ3v) is 4.67. The largest absolute Gasteiger partial charge is 0.349 e. The van der Waals surface area contributed by atoms with E-state index in [1.165, 1.54) is 12.8 Å². The summed E-state index contributed by atoms with van der Waals surface area (Å²) < 4.78 is 1.73.